The SMILES string of the molecule is CCCS(=O)Nc1ccc2c(c1)N1CCC(CC1)CNC(=O)CN(CC1CC1)c1cc(ccn1)-c1nnc-2o1. The summed E-state index contributed by atoms with van der Waals surface area (Å²) in [4.78, 5) is 22.0. The lowest BCUT2D eigenvalue weighted by atomic mass is 9.95. The third kappa shape index (κ3) is 6.08. The number of pyridine rings is 1. The van der Waals surface area contributed by atoms with Gasteiger partial charge in [-0.1, -0.05) is 6.92 Å². The zero-order valence-electron chi connectivity index (χ0n) is 22.3. The lowest BCUT2D eigenvalue weighted by molar-refractivity contribution is -0.120. The van der Waals surface area contributed by atoms with Crippen LogP contribution in [0.2, 0.25) is 0 Å². The van der Waals surface area contributed by atoms with Gasteiger partial charge in [-0.15, -0.1) is 10.2 Å². The summed E-state index contributed by atoms with van der Waals surface area (Å²) in [5.41, 5.74) is 3.39. The second-order valence-electron chi connectivity index (χ2n) is 10.8. The summed E-state index contributed by atoms with van der Waals surface area (Å²) < 4.78 is 21.8. The number of rotatable bonds is 6. The van der Waals surface area contributed by atoms with Gasteiger partial charge in [0.2, 0.25) is 17.7 Å². The second kappa shape index (κ2) is 11.3. The van der Waals surface area contributed by atoms with E-state index in [2.05, 4.69) is 35.0 Å². The van der Waals surface area contributed by atoms with Crippen molar-refractivity contribution in [2.24, 2.45) is 11.8 Å². The lowest BCUT2D eigenvalue weighted by Gasteiger charge is -2.35. The first-order valence-electron chi connectivity index (χ1n) is 13.9. The van der Waals surface area contributed by atoms with Gasteiger partial charge in [0.15, 0.2) is 0 Å². The number of benzene rings is 1. The molecular formula is C28H35N7O3S. The van der Waals surface area contributed by atoms with Crippen molar-refractivity contribution in [1.29, 1.82) is 0 Å². The zero-order valence-corrected chi connectivity index (χ0v) is 23.1. The molecule has 1 saturated heterocycles. The lowest BCUT2D eigenvalue weighted by Crippen LogP contribution is -2.42. The van der Waals surface area contributed by atoms with Crippen LogP contribution in [0.25, 0.3) is 22.9 Å². The van der Waals surface area contributed by atoms with E-state index >= 15 is 0 Å². The fourth-order valence-corrected chi connectivity index (χ4v) is 6.16. The van der Waals surface area contributed by atoms with Crippen LogP contribution in [0.4, 0.5) is 17.2 Å². The number of amides is 1. The van der Waals surface area contributed by atoms with Gasteiger partial charge < -0.3 is 24.3 Å². The van der Waals surface area contributed by atoms with Gasteiger partial charge in [-0.05, 0) is 74.3 Å². The van der Waals surface area contributed by atoms with Gasteiger partial charge in [0.25, 0.3) is 0 Å². The topological polar surface area (TPSA) is 116 Å². The summed E-state index contributed by atoms with van der Waals surface area (Å²) in [6.07, 6.45) is 6.87. The van der Waals surface area contributed by atoms with Crippen LogP contribution in [-0.2, 0) is 15.8 Å². The van der Waals surface area contributed by atoms with Crippen molar-refractivity contribution in [2.75, 3.05) is 53.0 Å². The highest BCUT2D eigenvalue weighted by atomic mass is 32.2. The van der Waals surface area contributed by atoms with Crippen LogP contribution in [0.1, 0.15) is 39.0 Å². The number of aromatic nitrogens is 3. The molecule has 10 nitrogen and oxygen atoms in total. The molecule has 6 bridgehead atoms. The Bertz CT molecular complexity index is 1350. The molecule has 1 amide bonds. The largest absolute Gasteiger partial charge is 0.416 e. The number of hydrogen-bond donors (Lipinski definition) is 2. The van der Waals surface area contributed by atoms with Crippen molar-refractivity contribution in [3.05, 3.63) is 36.5 Å². The minimum atomic E-state index is -1.14. The van der Waals surface area contributed by atoms with Crippen LogP contribution in [0, 0.1) is 11.8 Å². The molecule has 4 aliphatic rings. The molecule has 7 rings (SSSR count). The molecule has 2 N–H and O–H groups in total. The quantitative estimate of drug-likeness (QED) is 0.476. The molecule has 39 heavy (non-hydrogen) atoms. The van der Waals surface area contributed by atoms with Gasteiger partial charge in [0, 0.05) is 49.4 Å². The van der Waals surface area contributed by atoms with Crippen molar-refractivity contribution >= 4 is 34.1 Å². The number of fused-ring (bicyclic) bond motifs is 6. The summed E-state index contributed by atoms with van der Waals surface area (Å²) >= 11 is 0. The van der Waals surface area contributed by atoms with Gasteiger partial charge in [-0.25, -0.2) is 9.19 Å². The van der Waals surface area contributed by atoms with E-state index in [1.807, 2.05) is 37.3 Å². The molecule has 1 aromatic carbocycles. The minimum absolute atomic E-state index is 0.0239. The first kappa shape index (κ1) is 25.8. The molecule has 2 fully saturated rings. The van der Waals surface area contributed by atoms with E-state index in [1.165, 1.54) is 12.8 Å². The van der Waals surface area contributed by atoms with E-state index in [0.717, 1.165) is 67.2 Å². The van der Waals surface area contributed by atoms with Gasteiger partial charge >= 0.3 is 0 Å². The highest BCUT2D eigenvalue weighted by Crippen LogP contribution is 2.37. The minimum Gasteiger partial charge on any atom is -0.416 e. The number of hydrogen-bond acceptors (Lipinski definition) is 8. The maximum atomic E-state index is 13.0. The van der Waals surface area contributed by atoms with Crippen LogP contribution < -0.4 is 19.8 Å². The molecule has 1 atom stereocenters. The predicted octanol–water partition coefficient (Wildman–Crippen LogP) is 3.85. The molecule has 11 heteroatoms. The average Bonchev–Trinajstić information content (AvgIpc) is 3.63. The van der Waals surface area contributed by atoms with Crippen LogP contribution in [0.15, 0.2) is 40.9 Å². The van der Waals surface area contributed by atoms with Crippen LogP contribution in [0.5, 0.6) is 0 Å². The molecule has 5 heterocycles. The first-order valence-corrected chi connectivity index (χ1v) is 15.2. The van der Waals surface area contributed by atoms with Gasteiger partial charge in [0.05, 0.1) is 17.8 Å². The van der Waals surface area contributed by atoms with E-state index in [1.54, 1.807) is 6.20 Å². The van der Waals surface area contributed by atoms with Crippen molar-refractivity contribution in [3.63, 3.8) is 0 Å². The van der Waals surface area contributed by atoms with Gasteiger partial charge in [-0.2, -0.15) is 0 Å². The van der Waals surface area contributed by atoms with Crippen LogP contribution >= 0.6 is 0 Å². The summed E-state index contributed by atoms with van der Waals surface area (Å²) in [6, 6.07) is 9.69. The highest BCUT2D eigenvalue weighted by molar-refractivity contribution is 7.86. The Morgan fingerprint density at radius 3 is 2.72 bits per heavy atom. The normalized spacial score (nSPS) is 18.8. The van der Waals surface area contributed by atoms with Crippen molar-refractivity contribution < 1.29 is 13.4 Å². The maximum absolute atomic E-state index is 13.0. The third-order valence-corrected chi connectivity index (χ3v) is 8.89. The molecule has 1 aliphatic carbocycles. The molecule has 0 spiro atoms. The number of piperidine rings is 1. The number of carbonyl (C=O) groups is 1. The Morgan fingerprint density at radius 1 is 1.10 bits per heavy atom. The molecule has 3 aliphatic heterocycles. The van der Waals surface area contributed by atoms with Crippen molar-refractivity contribution in [1.82, 2.24) is 20.5 Å². The van der Waals surface area contributed by atoms with E-state index < -0.39 is 11.0 Å². The standard InChI is InChI=1S/C28H35N7O3S/c1-2-13-39(37)33-22-5-6-23-24(15-22)34-11-8-19(9-12-34)16-30-26(36)18-35(17-20-3-4-20)25-14-21(7-10-29-25)27-31-32-28(23)38-27/h5-7,10,14-15,19-20,33H,2-4,8-9,11-13,16-18H2,1H3,(H,30,36). The molecule has 3 aromatic rings. The number of nitrogens with zero attached hydrogens (tertiary/aromatic N) is 5. The third-order valence-electron chi connectivity index (χ3n) is 7.64. The summed E-state index contributed by atoms with van der Waals surface area (Å²) in [6.45, 7) is 5.47. The van der Waals surface area contributed by atoms with Crippen molar-refractivity contribution in [2.45, 2.75) is 39.0 Å². The molecule has 0 radical (unpaired) electrons. The highest BCUT2D eigenvalue weighted by Gasteiger charge is 2.28. The molecule has 1 unspecified atom stereocenters. The van der Waals surface area contributed by atoms with E-state index in [4.69, 9.17) is 4.42 Å². The Kier molecular flexibility index (Phi) is 7.49. The average molecular weight is 550 g/mol. The number of carbonyl (C=O) groups excluding carboxylic acids is 1. The fraction of sp³-hybridized carbons (Fsp3) is 0.500. The maximum Gasteiger partial charge on any atom is 0.250 e. The fourth-order valence-electron chi connectivity index (χ4n) is 5.30. The molecule has 1 saturated carbocycles. The molecular weight excluding hydrogens is 514 g/mol. The van der Waals surface area contributed by atoms with Crippen molar-refractivity contribution in [3.8, 4) is 22.9 Å². The molecule has 2 aromatic heterocycles. The number of nitrogens with one attached hydrogen (secondary N) is 2. The summed E-state index contributed by atoms with van der Waals surface area (Å²) in [5.74, 6) is 3.22. The Morgan fingerprint density at radius 2 is 1.92 bits per heavy atom. The zero-order chi connectivity index (χ0) is 26.8. The summed E-state index contributed by atoms with van der Waals surface area (Å²) in [7, 11) is -1.14. The van der Waals surface area contributed by atoms with E-state index in [-0.39, 0.29) is 12.5 Å². The van der Waals surface area contributed by atoms with Crippen LogP contribution in [-0.4, -0.2) is 63.8 Å². The van der Waals surface area contributed by atoms with E-state index in [9.17, 15) is 9.00 Å². The van der Waals surface area contributed by atoms with Crippen LogP contribution in [0.3, 0.4) is 0 Å². The monoisotopic (exact) mass is 549 g/mol. The van der Waals surface area contributed by atoms with E-state index in [0.29, 0.717) is 35.9 Å². The summed E-state index contributed by atoms with van der Waals surface area (Å²) in [5, 5.41) is 12.0. The molecule has 206 valence electrons. The van der Waals surface area contributed by atoms with Gasteiger partial charge in [-0.3, -0.25) is 4.79 Å². The Labute approximate surface area is 231 Å². The number of anilines is 3. The van der Waals surface area contributed by atoms with Gasteiger partial charge in [0.1, 0.15) is 16.8 Å². The first-order chi connectivity index (χ1) is 19.1. The Hall–Kier alpha value is -3.47. The smallest absolute Gasteiger partial charge is 0.250 e. The Balaban J connectivity index is 1.38. The predicted molar refractivity (Wildman–Crippen MR) is 153 cm³/mol. The second-order valence-corrected chi connectivity index (χ2v) is 12.1.